The highest BCUT2D eigenvalue weighted by molar-refractivity contribution is 5.93. The first-order valence-electron chi connectivity index (χ1n) is 8.37. The van der Waals surface area contributed by atoms with Gasteiger partial charge in [0, 0.05) is 38.1 Å². The molecule has 2 aromatic rings. The first-order valence-corrected chi connectivity index (χ1v) is 8.37. The summed E-state index contributed by atoms with van der Waals surface area (Å²) < 4.78 is 0. The Kier molecular flexibility index (Phi) is 5.11. The van der Waals surface area contributed by atoms with Gasteiger partial charge in [-0.25, -0.2) is 4.98 Å². The first-order chi connectivity index (χ1) is 11.6. The molecule has 1 amide bonds. The number of nitrogens with one attached hydrogen (secondary N) is 1. The quantitative estimate of drug-likeness (QED) is 0.938. The van der Waals surface area contributed by atoms with E-state index in [4.69, 9.17) is 0 Å². The summed E-state index contributed by atoms with van der Waals surface area (Å²) in [6.07, 6.45) is 1.82. The Morgan fingerprint density at radius 2 is 1.92 bits per heavy atom. The van der Waals surface area contributed by atoms with Gasteiger partial charge in [-0.15, -0.1) is 0 Å². The minimum absolute atomic E-state index is 0.0509. The van der Waals surface area contributed by atoms with Crippen LogP contribution in [0.3, 0.4) is 0 Å². The first kappa shape index (κ1) is 16.5. The summed E-state index contributed by atoms with van der Waals surface area (Å²) >= 11 is 0. The Labute approximate surface area is 143 Å². The molecule has 2 heterocycles. The number of anilines is 2. The fraction of sp³-hybridized carbons (Fsp3) is 0.368. The lowest BCUT2D eigenvalue weighted by molar-refractivity contribution is -0.117. The molecule has 1 aromatic heterocycles. The van der Waals surface area contributed by atoms with Crippen LogP contribution in [0.4, 0.5) is 11.5 Å². The fourth-order valence-corrected chi connectivity index (χ4v) is 2.94. The third-order valence-corrected chi connectivity index (χ3v) is 4.38. The lowest BCUT2D eigenvalue weighted by Gasteiger charge is -2.35. The molecular weight excluding hydrogens is 300 g/mol. The Bertz CT molecular complexity index is 694. The standard InChI is InChI=1S/C19H24N4O/c1-15-6-7-16(2)17(13-15)21-19(24)14-22-9-11-23(12-10-22)18-5-3-4-8-20-18/h3-8,13H,9-12,14H2,1-2H3,(H,21,24). The molecule has 0 spiro atoms. The fourth-order valence-electron chi connectivity index (χ4n) is 2.94. The van der Waals surface area contributed by atoms with E-state index < -0.39 is 0 Å². The van der Waals surface area contributed by atoms with Crippen LogP contribution >= 0.6 is 0 Å². The number of benzene rings is 1. The normalized spacial score (nSPS) is 15.3. The molecule has 0 saturated carbocycles. The van der Waals surface area contributed by atoms with Gasteiger partial charge in [0.05, 0.1) is 6.54 Å². The summed E-state index contributed by atoms with van der Waals surface area (Å²) in [5, 5.41) is 3.03. The molecule has 5 nitrogen and oxygen atoms in total. The molecule has 1 aliphatic rings. The van der Waals surface area contributed by atoms with Crippen molar-refractivity contribution in [2.75, 3.05) is 42.9 Å². The minimum Gasteiger partial charge on any atom is -0.354 e. The van der Waals surface area contributed by atoms with Gasteiger partial charge in [0.15, 0.2) is 0 Å². The topological polar surface area (TPSA) is 48.5 Å². The van der Waals surface area contributed by atoms with Crippen LogP contribution in [-0.4, -0.2) is 48.5 Å². The number of carbonyl (C=O) groups is 1. The molecule has 1 fully saturated rings. The van der Waals surface area contributed by atoms with Gasteiger partial charge in [-0.2, -0.15) is 0 Å². The van der Waals surface area contributed by atoms with E-state index in [1.54, 1.807) is 0 Å². The molecule has 126 valence electrons. The molecule has 0 bridgehead atoms. The van der Waals surface area contributed by atoms with Crippen molar-refractivity contribution in [3.8, 4) is 0 Å². The van der Waals surface area contributed by atoms with Gasteiger partial charge in [-0.3, -0.25) is 9.69 Å². The van der Waals surface area contributed by atoms with E-state index in [-0.39, 0.29) is 5.91 Å². The largest absolute Gasteiger partial charge is 0.354 e. The van der Waals surface area contributed by atoms with Crippen molar-refractivity contribution in [3.05, 3.63) is 53.7 Å². The van der Waals surface area contributed by atoms with Crippen LogP contribution < -0.4 is 10.2 Å². The van der Waals surface area contributed by atoms with Crippen LogP contribution in [0.5, 0.6) is 0 Å². The number of pyridine rings is 1. The van der Waals surface area contributed by atoms with E-state index >= 15 is 0 Å². The number of carbonyl (C=O) groups excluding carboxylic acids is 1. The van der Waals surface area contributed by atoms with Crippen LogP contribution in [0.25, 0.3) is 0 Å². The predicted molar refractivity (Wildman–Crippen MR) is 97.4 cm³/mol. The highest BCUT2D eigenvalue weighted by Crippen LogP contribution is 2.17. The van der Waals surface area contributed by atoms with E-state index in [0.29, 0.717) is 6.54 Å². The second kappa shape index (κ2) is 7.45. The number of aryl methyl sites for hydroxylation is 2. The lowest BCUT2D eigenvalue weighted by Crippen LogP contribution is -2.48. The molecular formula is C19H24N4O. The summed E-state index contributed by atoms with van der Waals surface area (Å²) in [6, 6.07) is 12.1. The van der Waals surface area contributed by atoms with Crippen molar-refractivity contribution in [1.29, 1.82) is 0 Å². The average Bonchev–Trinajstić information content (AvgIpc) is 2.59. The predicted octanol–water partition coefficient (Wildman–Crippen LogP) is 2.46. The van der Waals surface area contributed by atoms with Gasteiger partial charge in [0.1, 0.15) is 5.82 Å². The van der Waals surface area contributed by atoms with Crippen LogP contribution in [0.2, 0.25) is 0 Å². The number of amides is 1. The van der Waals surface area contributed by atoms with Crippen LogP contribution in [0, 0.1) is 13.8 Å². The Hall–Kier alpha value is -2.40. The number of hydrogen-bond acceptors (Lipinski definition) is 4. The summed E-state index contributed by atoms with van der Waals surface area (Å²) in [4.78, 5) is 21.2. The van der Waals surface area contributed by atoms with Gasteiger partial charge in [-0.05, 0) is 43.2 Å². The van der Waals surface area contributed by atoms with Crippen molar-refractivity contribution in [2.45, 2.75) is 13.8 Å². The summed E-state index contributed by atoms with van der Waals surface area (Å²) in [6.45, 7) is 8.02. The zero-order chi connectivity index (χ0) is 16.9. The van der Waals surface area contributed by atoms with E-state index in [2.05, 4.69) is 26.2 Å². The van der Waals surface area contributed by atoms with E-state index in [0.717, 1.165) is 48.8 Å². The molecule has 1 N–H and O–H groups in total. The molecule has 3 rings (SSSR count). The molecule has 1 saturated heterocycles. The highest BCUT2D eigenvalue weighted by Gasteiger charge is 2.19. The van der Waals surface area contributed by atoms with Crippen LogP contribution in [0.15, 0.2) is 42.6 Å². The average molecular weight is 324 g/mol. The third kappa shape index (κ3) is 4.11. The maximum absolute atomic E-state index is 12.3. The number of hydrogen-bond donors (Lipinski definition) is 1. The van der Waals surface area contributed by atoms with Gasteiger partial charge in [0.25, 0.3) is 0 Å². The molecule has 1 aromatic carbocycles. The second-order valence-corrected chi connectivity index (χ2v) is 6.32. The number of piperazine rings is 1. The summed E-state index contributed by atoms with van der Waals surface area (Å²) in [7, 11) is 0. The molecule has 5 heteroatoms. The molecule has 24 heavy (non-hydrogen) atoms. The monoisotopic (exact) mass is 324 g/mol. The Morgan fingerprint density at radius 1 is 1.12 bits per heavy atom. The van der Waals surface area contributed by atoms with Crippen LogP contribution in [-0.2, 0) is 4.79 Å². The van der Waals surface area contributed by atoms with Crippen molar-refractivity contribution in [2.24, 2.45) is 0 Å². The zero-order valence-electron chi connectivity index (χ0n) is 14.3. The molecule has 0 radical (unpaired) electrons. The van der Waals surface area contributed by atoms with Crippen molar-refractivity contribution in [3.63, 3.8) is 0 Å². The van der Waals surface area contributed by atoms with Crippen molar-refractivity contribution >= 4 is 17.4 Å². The van der Waals surface area contributed by atoms with Crippen molar-refractivity contribution < 1.29 is 4.79 Å². The second-order valence-electron chi connectivity index (χ2n) is 6.32. The summed E-state index contributed by atoms with van der Waals surface area (Å²) in [5.41, 5.74) is 3.15. The molecule has 0 aliphatic carbocycles. The van der Waals surface area contributed by atoms with Crippen molar-refractivity contribution in [1.82, 2.24) is 9.88 Å². The van der Waals surface area contributed by atoms with E-state index in [1.807, 2.05) is 50.4 Å². The third-order valence-electron chi connectivity index (χ3n) is 4.38. The summed E-state index contributed by atoms with van der Waals surface area (Å²) in [5.74, 6) is 1.06. The molecule has 0 unspecified atom stereocenters. The van der Waals surface area contributed by atoms with Gasteiger partial charge in [0.2, 0.25) is 5.91 Å². The van der Waals surface area contributed by atoms with Gasteiger partial charge in [-0.1, -0.05) is 18.2 Å². The highest BCUT2D eigenvalue weighted by atomic mass is 16.2. The van der Waals surface area contributed by atoms with E-state index in [9.17, 15) is 4.79 Å². The molecule has 0 atom stereocenters. The number of aromatic nitrogens is 1. The zero-order valence-corrected chi connectivity index (χ0v) is 14.3. The maximum atomic E-state index is 12.3. The van der Waals surface area contributed by atoms with Gasteiger partial charge < -0.3 is 10.2 Å². The van der Waals surface area contributed by atoms with Gasteiger partial charge >= 0.3 is 0 Å². The number of nitrogens with zero attached hydrogens (tertiary/aromatic N) is 3. The van der Waals surface area contributed by atoms with Crippen LogP contribution in [0.1, 0.15) is 11.1 Å². The minimum atomic E-state index is 0.0509. The smallest absolute Gasteiger partial charge is 0.238 e. The Morgan fingerprint density at radius 3 is 2.62 bits per heavy atom. The SMILES string of the molecule is Cc1ccc(C)c(NC(=O)CN2CCN(c3ccccn3)CC2)c1. The lowest BCUT2D eigenvalue weighted by atomic mass is 10.1. The Balaban J connectivity index is 1.51. The maximum Gasteiger partial charge on any atom is 0.238 e. The molecule has 1 aliphatic heterocycles. The number of rotatable bonds is 4. The van der Waals surface area contributed by atoms with E-state index in [1.165, 1.54) is 0 Å².